The molecule has 2 atom stereocenters. The zero-order valence-corrected chi connectivity index (χ0v) is 12.8. The van der Waals surface area contributed by atoms with Crippen LogP contribution in [0.4, 0.5) is 5.69 Å². The Morgan fingerprint density at radius 3 is 2.90 bits per heavy atom. The van der Waals surface area contributed by atoms with Gasteiger partial charge in [-0.15, -0.1) is 0 Å². The van der Waals surface area contributed by atoms with Crippen LogP contribution in [0.25, 0.3) is 0 Å². The number of hydrogen-bond acceptors (Lipinski definition) is 3. The number of carbonyl (C=O) groups excluding carboxylic acids is 1. The summed E-state index contributed by atoms with van der Waals surface area (Å²) in [7, 11) is 1.69. The Kier molecular flexibility index (Phi) is 4.89. The third-order valence-corrected chi connectivity index (χ3v) is 4.18. The van der Waals surface area contributed by atoms with Crippen LogP contribution in [0.5, 0.6) is 0 Å². The highest BCUT2D eigenvalue weighted by atomic mass is 35.5. The number of amides is 1. The van der Waals surface area contributed by atoms with E-state index >= 15 is 0 Å². The third kappa shape index (κ3) is 3.25. The summed E-state index contributed by atoms with van der Waals surface area (Å²) >= 11 is 6.37. The van der Waals surface area contributed by atoms with E-state index < -0.39 is 0 Å². The van der Waals surface area contributed by atoms with Crippen LogP contribution in [-0.4, -0.2) is 26.0 Å². The highest BCUT2D eigenvalue weighted by molar-refractivity contribution is 6.33. The molecule has 0 aromatic heterocycles. The Hall–Kier alpha value is -1.26. The van der Waals surface area contributed by atoms with Crippen LogP contribution in [-0.2, 0) is 4.79 Å². The summed E-state index contributed by atoms with van der Waals surface area (Å²) in [4.78, 5) is 14.0. The van der Waals surface area contributed by atoms with Gasteiger partial charge in [0.05, 0.1) is 16.6 Å². The number of halogens is 1. The second-order valence-electron chi connectivity index (χ2n) is 5.40. The number of nitrogens with one attached hydrogen (secondary N) is 1. The van der Waals surface area contributed by atoms with Crippen LogP contribution < -0.4 is 16.0 Å². The van der Waals surface area contributed by atoms with Crippen LogP contribution in [0.3, 0.4) is 0 Å². The first-order chi connectivity index (χ1) is 9.52. The van der Waals surface area contributed by atoms with Crippen molar-refractivity contribution in [3.05, 3.63) is 28.8 Å². The highest BCUT2D eigenvalue weighted by Crippen LogP contribution is 2.31. The number of carbonyl (C=O) groups is 1. The van der Waals surface area contributed by atoms with E-state index in [1.54, 1.807) is 7.05 Å². The lowest BCUT2D eigenvalue weighted by molar-refractivity contribution is -0.124. The summed E-state index contributed by atoms with van der Waals surface area (Å²) in [6.07, 6.45) is 1.94. The number of piperidine rings is 1. The van der Waals surface area contributed by atoms with Gasteiger partial charge >= 0.3 is 0 Å². The molecule has 2 unspecified atom stereocenters. The molecule has 1 fully saturated rings. The summed E-state index contributed by atoms with van der Waals surface area (Å²) in [6, 6.07) is 5.91. The van der Waals surface area contributed by atoms with Crippen LogP contribution in [0, 0.1) is 5.92 Å². The summed E-state index contributed by atoms with van der Waals surface area (Å²) in [5, 5.41) is 3.44. The molecule has 2 rings (SSSR count). The quantitative estimate of drug-likeness (QED) is 0.900. The SMILES string of the molecule is CNC(=O)C1CCCN(c2ccc(C(C)N)cc2Cl)C1. The fraction of sp³-hybridized carbons (Fsp3) is 0.533. The fourth-order valence-corrected chi connectivity index (χ4v) is 2.99. The molecular formula is C15H22ClN3O. The molecule has 20 heavy (non-hydrogen) atoms. The van der Waals surface area contributed by atoms with Crippen molar-refractivity contribution in [3.8, 4) is 0 Å². The van der Waals surface area contributed by atoms with E-state index in [9.17, 15) is 4.79 Å². The van der Waals surface area contributed by atoms with Gasteiger partial charge in [-0.2, -0.15) is 0 Å². The van der Waals surface area contributed by atoms with E-state index in [2.05, 4.69) is 10.2 Å². The molecule has 1 saturated heterocycles. The fourth-order valence-electron chi connectivity index (χ4n) is 2.68. The molecule has 3 N–H and O–H groups in total. The van der Waals surface area contributed by atoms with E-state index in [0.717, 1.165) is 37.2 Å². The van der Waals surface area contributed by atoms with Crippen molar-refractivity contribution in [2.45, 2.75) is 25.8 Å². The molecule has 0 aliphatic carbocycles. The Morgan fingerprint density at radius 1 is 1.55 bits per heavy atom. The average molecular weight is 296 g/mol. The molecule has 0 saturated carbocycles. The van der Waals surface area contributed by atoms with Gasteiger partial charge in [-0.1, -0.05) is 17.7 Å². The van der Waals surface area contributed by atoms with Gasteiger partial charge in [0.25, 0.3) is 0 Å². The van der Waals surface area contributed by atoms with Gasteiger partial charge in [-0.3, -0.25) is 4.79 Å². The normalized spacial score (nSPS) is 20.6. The van der Waals surface area contributed by atoms with E-state index in [4.69, 9.17) is 17.3 Å². The zero-order valence-electron chi connectivity index (χ0n) is 12.0. The van der Waals surface area contributed by atoms with Gasteiger partial charge in [0.2, 0.25) is 5.91 Å². The molecule has 5 heteroatoms. The Labute approximate surface area is 125 Å². The van der Waals surface area contributed by atoms with Crippen molar-refractivity contribution in [1.29, 1.82) is 0 Å². The van der Waals surface area contributed by atoms with Gasteiger partial charge in [0.1, 0.15) is 0 Å². The van der Waals surface area contributed by atoms with Crippen molar-refractivity contribution >= 4 is 23.2 Å². The van der Waals surface area contributed by atoms with Crippen LogP contribution in [0.15, 0.2) is 18.2 Å². The Balaban J connectivity index is 2.17. The largest absolute Gasteiger partial charge is 0.370 e. The molecule has 1 aromatic rings. The molecule has 0 bridgehead atoms. The van der Waals surface area contributed by atoms with Gasteiger partial charge in [-0.05, 0) is 37.5 Å². The Bertz CT molecular complexity index is 490. The number of nitrogens with two attached hydrogens (primary N) is 1. The van der Waals surface area contributed by atoms with Gasteiger partial charge in [0.15, 0.2) is 0 Å². The molecule has 1 aliphatic heterocycles. The van der Waals surface area contributed by atoms with Gasteiger partial charge in [-0.25, -0.2) is 0 Å². The monoisotopic (exact) mass is 295 g/mol. The maximum absolute atomic E-state index is 11.8. The van der Waals surface area contributed by atoms with Crippen molar-refractivity contribution < 1.29 is 4.79 Å². The van der Waals surface area contributed by atoms with Crippen molar-refractivity contribution in [3.63, 3.8) is 0 Å². The smallest absolute Gasteiger partial charge is 0.224 e. The summed E-state index contributed by atoms with van der Waals surface area (Å²) in [6.45, 7) is 3.59. The molecule has 0 radical (unpaired) electrons. The minimum atomic E-state index is -0.0264. The predicted molar refractivity (Wildman–Crippen MR) is 83.1 cm³/mol. The predicted octanol–water partition coefficient (Wildman–Crippen LogP) is 2.32. The summed E-state index contributed by atoms with van der Waals surface area (Å²) < 4.78 is 0. The molecule has 1 amide bonds. The molecule has 4 nitrogen and oxygen atoms in total. The highest BCUT2D eigenvalue weighted by Gasteiger charge is 2.26. The second-order valence-corrected chi connectivity index (χ2v) is 5.81. The van der Waals surface area contributed by atoms with Crippen molar-refractivity contribution in [2.75, 3.05) is 25.0 Å². The molecule has 0 spiro atoms. The first-order valence-electron chi connectivity index (χ1n) is 7.04. The number of hydrogen-bond donors (Lipinski definition) is 2. The second kappa shape index (κ2) is 6.46. The number of benzene rings is 1. The molecule has 1 aliphatic rings. The lowest BCUT2D eigenvalue weighted by Gasteiger charge is -2.34. The molecule has 1 aromatic carbocycles. The standard InChI is InChI=1S/C15H22ClN3O/c1-10(17)11-5-6-14(13(16)8-11)19-7-3-4-12(9-19)15(20)18-2/h5-6,8,10,12H,3-4,7,9,17H2,1-2H3,(H,18,20). The van der Waals surface area contributed by atoms with Crippen molar-refractivity contribution in [2.24, 2.45) is 11.7 Å². The van der Waals surface area contributed by atoms with Crippen molar-refractivity contribution in [1.82, 2.24) is 5.32 Å². The molecular weight excluding hydrogens is 274 g/mol. The zero-order chi connectivity index (χ0) is 14.7. The maximum Gasteiger partial charge on any atom is 0.224 e. The molecule has 1 heterocycles. The number of rotatable bonds is 3. The number of nitrogens with zero attached hydrogens (tertiary/aromatic N) is 1. The van der Waals surface area contributed by atoms with E-state index in [1.165, 1.54) is 0 Å². The third-order valence-electron chi connectivity index (χ3n) is 3.88. The summed E-state index contributed by atoms with van der Waals surface area (Å²) in [5.74, 6) is 0.149. The average Bonchev–Trinajstić information content (AvgIpc) is 2.46. The van der Waals surface area contributed by atoms with Crippen LogP contribution in [0.1, 0.15) is 31.4 Å². The molecule has 110 valence electrons. The van der Waals surface area contributed by atoms with E-state index in [0.29, 0.717) is 5.02 Å². The summed E-state index contributed by atoms with van der Waals surface area (Å²) in [5.41, 5.74) is 7.88. The van der Waals surface area contributed by atoms with Gasteiger partial charge in [0, 0.05) is 26.2 Å². The lowest BCUT2D eigenvalue weighted by Crippen LogP contribution is -2.42. The minimum absolute atomic E-state index is 0.0264. The number of anilines is 1. The minimum Gasteiger partial charge on any atom is -0.370 e. The van der Waals surface area contributed by atoms with E-state index in [1.807, 2.05) is 25.1 Å². The first-order valence-corrected chi connectivity index (χ1v) is 7.42. The van der Waals surface area contributed by atoms with Crippen LogP contribution in [0.2, 0.25) is 5.02 Å². The van der Waals surface area contributed by atoms with Crippen LogP contribution >= 0.6 is 11.6 Å². The Morgan fingerprint density at radius 2 is 2.30 bits per heavy atom. The van der Waals surface area contributed by atoms with E-state index in [-0.39, 0.29) is 17.9 Å². The van der Waals surface area contributed by atoms with Gasteiger partial charge < -0.3 is 16.0 Å². The first kappa shape index (κ1) is 15.1. The maximum atomic E-state index is 11.8. The lowest BCUT2D eigenvalue weighted by atomic mass is 9.96. The topological polar surface area (TPSA) is 58.4 Å².